The van der Waals surface area contributed by atoms with Crippen LogP contribution in [0.2, 0.25) is 5.02 Å². The molecule has 2 rings (SSSR count). The summed E-state index contributed by atoms with van der Waals surface area (Å²) in [6.07, 6.45) is 0.914. The van der Waals surface area contributed by atoms with Gasteiger partial charge in [-0.15, -0.1) is 24.0 Å². The van der Waals surface area contributed by atoms with Gasteiger partial charge in [-0.05, 0) is 32.4 Å². The van der Waals surface area contributed by atoms with Crippen LogP contribution in [0.3, 0.4) is 0 Å². The average Bonchev–Trinajstić information content (AvgIpc) is 3.08. The van der Waals surface area contributed by atoms with Crippen molar-refractivity contribution in [2.45, 2.75) is 26.8 Å². The van der Waals surface area contributed by atoms with Gasteiger partial charge in [0.2, 0.25) is 11.7 Å². The molecule has 0 bridgehead atoms. The fourth-order valence-electron chi connectivity index (χ4n) is 2.08. The van der Waals surface area contributed by atoms with Gasteiger partial charge in [-0.2, -0.15) is 4.98 Å². The van der Waals surface area contributed by atoms with Crippen LogP contribution < -0.4 is 10.6 Å². The van der Waals surface area contributed by atoms with Gasteiger partial charge in [-0.25, -0.2) is 4.99 Å². The SMILES string of the molecule is CCNC(=NCc1nc(-c2cccc(Cl)c2)no1)NCCCOCC.I. The number of aromatic nitrogens is 2. The van der Waals surface area contributed by atoms with Gasteiger partial charge in [0.15, 0.2) is 5.96 Å². The number of rotatable bonds is 9. The first-order valence-electron chi connectivity index (χ1n) is 8.41. The Kier molecular flexibility index (Phi) is 11.2. The lowest BCUT2D eigenvalue weighted by molar-refractivity contribution is 0.145. The van der Waals surface area contributed by atoms with E-state index in [-0.39, 0.29) is 24.0 Å². The lowest BCUT2D eigenvalue weighted by atomic mass is 10.2. The van der Waals surface area contributed by atoms with Crippen LogP contribution in [-0.2, 0) is 11.3 Å². The van der Waals surface area contributed by atoms with Crippen molar-refractivity contribution < 1.29 is 9.26 Å². The number of nitrogens with one attached hydrogen (secondary N) is 2. The Morgan fingerprint density at radius 1 is 1.31 bits per heavy atom. The second-order valence-corrected chi connectivity index (χ2v) is 5.63. The van der Waals surface area contributed by atoms with Crippen LogP contribution in [0.5, 0.6) is 0 Å². The minimum atomic E-state index is 0. The summed E-state index contributed by atoms with van der Waals surface area (Å²) in [7, 11) is 0. The molecule has 26 heavy (non-hydrogen) atoms. The van der Waals surface area contributed by atoms with Crippen LogP contribution in [0, 0.1) is 0 Å². The zero-order valence-electron chi connectivity index (χ0n) is 15.0. The third-order valence-corrected chi connectivity index (χ3v) is 3.46. The number of guanidine groups is 1. The van der Waals surface area contributed by atoms with Crippen molar-refractivity contribution in [2.24, 2.45) is 4.99 Å². The van der Waals surface area contributed by atoms with Gasteiger partial charge in [0.05, 0.1) is 0 Å². The predicted molar refractivity (Wildman–Crippen MR) is 114 cm³/mol. The third kappa shape index (κ3) is 7.88. The van der Waals surface area contributed by atoms with Crippen molar-refractivity contribution in [1.29, 1.82) is 0 Å². The summed E-state index contributed by atoms with van der Waals surface area (Å²) in [5, 5.41) is 11.0. The molecule has 2 N–H and O–H groups in total. The molecule has 0 saturated carbocycles. The highest BCUT2D eigenvalue weighted by atomic mass is 127. The second-order valence-electron chi connectivity index (χ2n) is 5.19. The Labute approximate surface area is 176 Å². The van der Waals surface area contributed by atoms with Gasteiger partial charge >= 0.3 is 0 Å². The lowest BCUT2D eigenvalue weighted by Gasteiger charge is -2.10. The first kappa shape index (κ1) is 22.7. The largest absolute Gasteiger partial charge is 0.382 e. The maximum Gasteiger partial charge on any atom is 0.248 e. The molecule has 0 amide bonds. The Hall–Kier alpha value is -1.39. The molecule has 0 unspecified atom stereocenters. The number of ether oxygens (including phenoxy) is 1. The molecule has 0 radical (unpaired) electrons. The molecule has 7 nitrogen and oxygen atoms in total. The minimum Gasteiger partial charge on any atom is -0.382 e. The van der Waals surface area contributed by atoms with Crippen LogP contribution >= 0.6 is 35.6 Å². The molecule has 2 aromatic rings. The minimum absolute atomic E-state index is 0. The van der Waals surface area contributed by atoms with E-state index in [0.717, 1.165) is 38.3 Å². The molecular formula is C17H25ClIN5O2. The van der Waals surface area contributed by atoms with Gasteiger partial charge in [0.1, 0.15) is 6.54 Å². The summed E-state index contributed by atoms with van der Waals surface area (Å²) in [4.78, 5) is 8.81. The molecule has 0 aliphatic rings. The van der Waals surface area contributed by atoms with E-state index in [9.17, 15) is 0 Å². The molecule has 1 aromatic heterocycles. The van der Waals surface area contributed by atoms with Gasteiger partial charge < -0.3 is 19.9 Å². The topological polar surface area (TPSA) is 84.6 Å². The number of nitrogens with zero attached hydrogens (tertiary/aromatic N) is 3. The van der Waals surface area contributed by atoms with E-state index < -0.39 is 0 Å². The zero-order valence-corrected chi connectivity index (χ0v) is 18.1. The highest BCUT2D eigenvalue weighted by molar-refractivity contribution is 14.0. The summed E-state index contributed by atoms with van der Waals surface area (Å²) in [6, 6.07) is 7.33. The van der Waals surface area contributed by atoms with Crippen molar-refractivity contribution in [3.8, 4) is 11.4 Å². The molecule has 0 aliphatic heterocycles. The number of hydrogen-bond acceptors (Lipinski definition) is 5. The maximum absolute atomic E-state index is 5.99. The highest BCUT2D eigenvalue weighted by Gasteiger charge is 2.09. The molecule has 9 heteroatoms. The molecule has 0 atom stereocenters. The Morgan fingerprint density at radius 2 is 2.15 bits per heavy atom. The van der Waals surface area contributed by atoms with Crippen LogP contribution in [0.4, 0.5) is 0 Å². The number of halogens is 2. The molecule has 1 aromatic carbocycles. The van der Waals surface area contributed by atoms with Crippen LogP contribution in [-0.4, -0.2) is 42.4 Å². The fraction of sp³-hybridized carbons (Fsp3) is 0.471. The predicted octanol–water partition coefficient (Wildman–Crippen LogP) is 3.49. The normalized spacial score (nSPS) is 11.1. The second kappa shape index (κ2) is 12.9. The molecular weight excluding hydrogens is 469 g/mol. The average molecular weight is 494 g/mol. The highest BCUT2D eigenvalue weighted by Crippen LogP contribution is 2.19. The summed E-state index contributed by atoms with van der Waals surface area (Å²) < 4.78 is 10.6. The molecule has 144 valence electrons. The third-order valence-electron chi connectivity index (χ3n) is 3.23. The molecule has 0 spiro atoms. The van der Waals surface area contributed by atoms with E-state index in [4.69, 9.17) is 20.9 Å². The standard InChI is InChI=1S/C17H24ClN5O2.HI/c1-3-19-17(20-9-6-10-24-4-2)21-12-15-22-16(23-25-15)13-7-5-8-14(18)11-13;/h5,7-8,11H,3-4,6,9-10,12H2,1-2H3,(H2,19,20,21);1H. The van der Waals surface area contributed by atoms with E-state index in [1.165, 1.54) is 0 Å². The number of benzene rings is 1. The quantitative estimate of drug-likeness (QED) is 0.241. The van der Waals surface area contributed by atoms with Crippen molar-refractivity contribution in [1.82, 2.24) is 20.8 Å². The van der Waals surface area contributed by atoms with Crippen molar-refractivity contribution >= 4 is 41.5 Å². The smallest absolute Gasteiger partial charge is 0.248 e. The molecule has 0 aliphatic carbocycles. The lowest BCUT2D eigenvalue weighted by Crippen LogP contribution is -2.38. The van der Waals surface area contributed by atoms with Crippen LogP contribution in [0.15, 0.2) is 33.8 Å². The summed E-state index contributed by atoms with van der Waals surface area (Å²) in [5.41, 5.74) is 0.812. The van der Waals surface area contributed by atoms with Gasteiger partial charge in [-0.1, -0.05) is 28.9 Å². The van der Waals surface area contributed by atoms with Crippen molar-refractivity contribution in [2.75, 3.05) is 26.3 Å². The molecule has 0 fully saturated rings. The zero-order chi connectivity index (χ0) is 17.9. The first-order valence-corrected chi connectivity index (χ1v) is 8.79. The van der Waals surface area contributed by atoms with E-state index in [0.29, 0.717) is 29.2 Å². The summed E-state index contributed by atoms with van der Waals surface area (Å²) in [6.45, 7) is 7.32. The van der Waals surface area contributed by atoms with Crippen molar-refractivity contribution in [3.63, 3.8) is 0 Å². The number of hydrogen-bond donors (Lipinski definition) is 2. The van der Waals surface area contributed by atoms with Gasteiger partial charge in [0, 0.05) is 36.9 Å². The first-order chi connectivity index (χ1) is 12.2. The molecule has 0 saturated heterocycles. The Bertz CT molecular complexity index is 681. The van der Waals surface area contributed by atoms with E-state index in [2.05, 4.69) is 25.8 Å². The van der Waals surface area contributed by atoms with E-state index in [1.54, 1.807) is 12.1 Å². The van der Waals surface area contributed by atoms with E-state index in [1.807, 2.05) is 26.0 Å². The van der Waals surface area contributed by atoms with E-state index >= 15 is 0 Å². The van der Waals surface area contributed by atoms with Crippen LogP contribution in [0.25, 0.3) is 11.4 Å². The Morgan fingerprint density at radius 3 is 2.88 bits per heavy atom. The number of aliphatic imine (C=N–C) groups is 1. The van der Waals surface area contributed by atoms with Gasteiger partial charge in [0.25, 0.3) is 0 Å². The Balaban J connectivity index is 0.00000338. The summed E-state index contributed by atoms with van der Waals surface area (Å²) >= 11 is 5.99. The molecule has 1 heterocycles. The maximum atomic E-state index is 5.99. The summed E-state index contributed by atoms with van der Waals surface area (Å²) in [5.74, 6) is 1.66. The van der Waals surface area contributed by atoms with Crippen LogP contribution in [0.1, 0.15) is 26.2 Å². The fourth-order valence-corrected chi connectivity index (χ4v) is 2.27. The monoisotopic (exact) mass is 493 g/mol. The van der Waals surface area contributed by atoms with Gasteiger partial charge in [-0.3, -0.25) is 0 Å². The van der Waals surface area contributed by atoms with Crippen molar-refractivity contribution in [3.05, 3.63) is 35.2 Å².